The fourth-order valence-corrected chi connectivity index (χ4v) is 3.74. The van der Waals surface area contributed by atoms with Crippen molar-refractivity contribution in [3.8, 4) is 0 Å². The highest BCUT2D eigenvalue weighted by Gasteiger charge is 2.19. The molecule has 94 valence electrons. The molecular weight excluding hydrogens is 273 g/mol. The number of hydrogen-bond acceptors (Lipinski definition) is 2. The number of nitrogens with zero attached hydrogens (tertiary/aromatic N) is 1. The maximum absolute atomic E-state index is 6.23. The average Bonchev–Trinajstić information content (AvgIpc) is 2.29. The first-order valence-corrected chi connectivity index (χ1v) is 7.50. The molecule has 1 aliphatic heterocycles. The van der Waals surface area contributed by atoms with Gasteiger partial charge in [0.15, 0.2) is 0 Å². The van der Waals surface area contributed by atoms with Crippen LogP contribution in [-0.4, -0.2) is 30.3 Å². The Labute approximate surface area is 117 Å². The summed E-state index contributed by atoms with van der Waals surface area (Å²) in [6.07, 6.45) is 2.47. The highest BCUT2D eigenvalue weighted by Crippen LogP contribution is 2.37. The van der Waals surface area contributed by atoms with Gasteiger partial charge in [-0.2, -0.15) is 0 Å². The van der Waals surface area contributed by atoms with Crippen LogP contribution in [0.25, 0.3) is 0 Å². The maximum atomic E-state index is 6.23. The molecule has 1 heterocycles. The van der Waals surface area contributed by atoms with Gasteiger partial charge in [-0.25, -0.2) is 0 Å². The highest BCUT2D eigenvalue weighted by atomic mass is 35.5. The van der Waals surface area contributed by atoms with Crippen LogP contribution in [0.4, 0.5) is 0 Å². The van der Waals surface area contributed by atoms with Crippen LogP contribution in [0.1, 0.15) is 18.4 Å². The Morgan fingerprint density at radius 2 is 1.82 bits per heavy atom. The van der Waals surface area contributed by atoms with Crippen molar-refractivity contribution in [2.24, 2.45) is 0 Å². The first-order valence-electron chi connectivity index (χ1n) is 5.87. The monoisotopic (exact) mass is 289 g/mol. The van der Waals surface area contributed by atoms with Gasteiger partial charge in [0, 0.05) is 15.2 Å². The summed E-state index contributed by atoms with van der Waals surface area (Å²) in [4.78, 5) is 3.55. The van der Waals surface area contributed by atoms with Crippen LogP contribution >= 0.6 is 35.0 Å². The van der Waals surface area contributed by atoms with Crippen molar-refractivity contribution in [2.45, 2.75) is 29.9 Å². The molecule has 17 heavy (non-hydrogen) atoms. The Balaban J connectivity index is 2.06. The molecule has 4 heteroatoms. The second-order valence-electron chi connectivity index (χ2n) is 4.65. The van der Waals surface area contributed by atoms with E-state index >= 15 is 0 Å². The summed E-state index contributed by atoms with van der Waals surface area (Å²) < 4.78 is 0. The first-order chi connectivity index (χ1) is 8.06. The summed E-state index contributed by atoms with van der Waals surface area (Å²) in [5.74, 6) is 0. The van der Waals surface area contributed by atoms with Crippen LogP contribution in [0, 0.1) is 6.92 Å². The second-order valence-corrected chi connectivity index (χ2v) is 6.81. The second kappa shape index (κ2) is 5.83. The zero-order chi connectivity index (χ0) is 12.4. The molecule has 0 unspecified atom stereocenters. The van der Waals surface area contributed by atoms with Crippen LogP contribution in [0.3, 0.4) is 0 Å². The van der Waals surface area contributed by atoms with Crippen LogP contribution in [0.2, 0.25) is 10.0 Å². The minimum Gasteiger partial charge on any atom is -0.306 e. The number of hydrogen-bond donors (Lipinski definition) is 0. The third kappa shape index (κ3) is 3.54. The molecule has 0 saturated carbocycles. The summed E-state index contributed by atoms with van der Waals surface area (Å²) in [6, 6.07) is 3.96. The quantitative estimate of drug-likeness (QED) is 0.789. The fourth-order valence-electron chi connectivity index (χ4n) is 2.00. The van der Waals surface area contributed by atoms with Gasteiger partial charge in [-0.3, -0.25) is 0 Å². The lowest BCUT2D eigenvalue weighted by Gasteiger charge is -2.28. The maximum Gasteiger partial charge on any atom is 0.0556 e. The van der Waals surface area contributed by atoms with E-state index < -0.39 is 0 Å². The number of benzene rings is 1. The molecule has 1 fully saturated rings. The third-order valence-electron chi connectivity index (χ3n) is 3.17. The summed E-state index contributed by atoms with van der Waals surface area (Å²) in [5, 5.41) is 2.22. The van der Waals surface area contributed by atoms with E-state index in [4.69, 9.17) is 23.2 Å². The summed E-state index contributed by atoms with van der Waals surface area (Å²) in [7, 11) is 2.18. The van der Waals surface area contributed by atoms with E-state index in [2.05, 4.69) is 18.0 Å². The van der Waals surface area contributed by atoms with E-state index in [-0.39, 0.29) is 0 Å². The molecule has 1 aromatic carbocycles. The van der Waals surface area contributed by atoms with Crippen LogP contribution in [0.5, 0.6) is 0 Å². The SMILES string of the molecule is Cc1cc(SC2CCN(C)CC2)c(Cl)cc1Cl. The highest BCUT2D eigenvalue weighted by molar-refractivity contribution is 8.00. The summed E-state index contributed by atoms with van der Waals surface area (Å²) >= 11 is 14.2. The van der Waals surface area contributed by atoms with Gasteiger partial charge in [0.25, 0.3) is 0 Å². The van der Waals surface area contributed by atoms with Crippen LogP contribution < -0.4 is 0 Å². The average molecular weight is 290 g/mol. The fraction of sp³-hybridized carbons (Fsp3) is 0.538. The molecule has 0 bridgehead atoms. The van der Waals surface area contributed by atoms with E-state index in [1.165, 1.54) is 30.8 Å². The van der Waals surface area contributed by atoms with Crippen molar-refractivity contribution in [1.82, 2.24) is 4.90 Å². The summed E-state index contributed by atoms with van der Waals surface area (Å²) in [5.41, 5.74) is 1.10. The standard InChI is InChI=1S/C13H17Cl2NS/c1-9-7-13(12(15)8-11(9)14)17-10-3-5-16(2)6-4-10/h7-8,10H,3-6H2,1-2H3. The minimum atomic E-state index is 0.685. The van der Waals surface area contributed by atoms with Crippen LogP contribution in [-0.2, 0) is 0 Å². The lowest BCUT2D eigenvalue weighted by atomic mass is 10.1. The molecule has 1 saturated heterocycles. The zero-order valence-electron chi connectivity index (χ0n) is 10.2. The Morgan fingerprint density at radius 1 is 1.18 bits per heavy atom. The third-order valence-corrected chi connectivity index (χ3v) is 5.40. The Kier molecular flexibility index (Phi) is 4.65. The smallest absolute Gasteiger partial charge is 0.0556 e. The first kappa shape index (κ1) is 13.5. The van der Waals surface area contributed by atoms with Gasteiger partial charge >= 0.3 is 0 Å². The molecule has 1 aromatic rings. The Bertz CT molecular complexity index is 401. The predicted octanol–water partition coefficient (Wildman–Crippen LogP) is 4.49. The number of rotatable bonds is 2. The lowest BCUT2D eigenvalue weighted by Crippen LogP contribution is -2.31. The minimum absolute atomic E-state index is 0.685. The Morgan fingerprint density at radius 3 is 2.47 bits per heavy atom. The number of thioether (sulfide) groups is 1. The van der Waals surface area contributed by atoms with E-state index in [1.807, 2.05) is 24.8 Å². The number of likely N-dealkylation sites (tertiary alicyclic amines) is 1. The largest absolute Gasteiger partial charge is 0.306 e. The molecule has 1 aliphatic rings. The van der Waals surface area contributed by atoms with Gasteiger partial charge in [-0.05, 0) is 57.6 Å². The molecule has 0 radical (unpaired) electrons. The van der Waals surface area contributed by atoms with Crippen molar-refractivity contribution in [3.05, 3.63) is 27.7 Å². The number of halogens is 2. The van der Waals surface area contributed by atoms with Gasteiger partial charge in [0.1, 0.15) is 0 Å². The van der Waals surface area contributed by atoms with Gasteiger partial charge in [-0.15, -0.1) is 11.8 Å². The molecule has 0 aliphatic carbocycles. The van der Waals surface area contributed by atoms with Crippen molar-refractivity contribution in [2.75, 3.05) is 20.1 Å². The topological polar surface area (TPSA) is 3.24 Å². The number of piperidine rings is 1. The molecule has 2 rings (SSSR count). The van der Waals surface area contributed by atoms with E-state index in [1.54, 1.807) is 0 Å². The molecule has 0 spiro atoms. The van der Waals surface area contributed by atoms with Crippen LogP contribution in [0.15, 0.2) is 17.0 Å². The Hall–Kier alpha value is 0.110. The molecule has 0 aromatic heterocycles. The normalized spacial score (nSPS) is 18.6. The van der Waals surface area contributed by atoms with Crippen molar-refractivity contribution < 1.29 is 0 Å². The summed E-state index contributed by atoms with van der Waals surface area (Å²) in [6.45, 7) is 4.39. The van der Waals surface area contributed by atoms with Gasteiger partial charge < -0.3 is 4.90 Å². The van der Waals surface area contributed by atoms with E-state index in [9.17, 15) is 0 Å². The van der Waals surface area contributed by atoms with E-state index in [0.717, 1.165) is 15.6 Å². The number of aryl methyl sites for hydroxylation is 1. The molecule has 1 nitrogen and oxygen atoms in total. The molecule has 0 amide bonds. The van der Waals surface area contributed by atoms with Crippen molar-refractivity contribution in [1.29, 1.82) is 0 Å². The van der Waals surface area contributed by atoms with Gasteiger partial charge in [-0.1, -0.05) is 23.2 Å². The zero-order valence-corrected chi connectivity index (χ0v) is 12.5. The van der Waals surface area contributed by atoms with Crippen molar-refractivity contribution >= 4 is 35.0 Å². The van der Waals surface area contributed by atoms with Gasteiger partial charge in [0.05, 0.1) is 5.02 Å². The van der Waals surface area contributed by atoms with Gasteiger partial charge in [0.2, 0.25) is 0 Å². The molecule has 0 atom stereocenters. The lowest BCUT2D eigenvalue weighted by molar-refractivity contribution is 0.282. The van der Waals surface area contributed by atoms with Crippen molar-refractivity contribution in [3.63, 3.8) is 0 Å². The molecular formula is C13H17Cl2NS. The van der Waals surface area contributed by atoms with E-state index in [0.29, 0.717) is 5.25 Å². The molecule has 0 N–H and O–H groups in total. The predicted molar refractivity (Wildman–Crippen MR) is 77.6 cm³/mol.